The van der Waals surface area contributed by atoms with E-state index in [1.54, 1.807) is 24.3 Å². The van der Waals surface area contributed by atoms with Gasteiger partial charge < -0.3 is 10.3 Å². The van der Waals surface area contributed by atoms with Crippen molar-refractivity contribution in [3.8, 4) is 11.5 Å². The molecule has 0 bridgehead atoms. The van der Waals surface area contributed by atoms with Crippen LogP contribution < -0.4 is 5.73 Å². The van der Waals surface area contributed by atoms with Gasteiger partial charge in [0.25, 0.3) is 0 Å². The summed E-state index contributed by atoms with van der Waals surface area (Å²) in [4.78, 5) is 4.03. The minimum atomic E-state index is 0.330. The molecule has 0 fully saturated rings. The fraction of sp³-hybridized carbons (Fsp3) is 0. The maximum absolute atomic E-state index is 5.70. The van der Waals surface area contributed by atoms with E-state index in [-0.39, 0.29) is 0 Å². The Morgan fingerprint density at radius 2 is 2.23 bits per heavy atom. The van der Waals surface area contributed by atoms with Crippen LogP contribution in [0.3, 0.4) is 0 Å². The molecule has 0 unspecified atom stereocenters. The topological polar surface area (TPSA) is 64.9 Å². The van der Waals surface area contributed by atoms with Crippen LogP contribution in [0.5, 0.6) is 0 Å². The van der Waals surface area contributed by atoms with Gasteiger partial charge in [0.2, 0.25) is 0 Å². The second-order valence-corrected chi connectivity index (χ2v) is 2.85. The number of rotatable bonds is 1. The fourth-order valence-electron chi connectivity index (χ4n) is 0.955. The van der Waals surface area contributed by atoms with Gasteiger partial charge in [-0.1, -0.05) is 22.8 Å². The summed E-state index contributed by atoms with van der Waals surface area (Å²) >= 11 is 5.70. The molecule has 2 rings (SSSR count). The normalized spacial score (nSPS) is 10.2. The number of hydrogen-bond acceptors (Lipinski definition) is 4. The van der Waals surface area contributed by atoms with Crippen molar-refractivity contribution in [1.29, 1.82) is 0 Å². The third-order valence-electron chi connectivity index (χ3n) is 1.50. The summed E-state index contributed by atoms with van der Waals surface area (Å²) in [6, 6.07) is 6.83. The van der Waals surface area contributed by atoms with Gasteiger partial charge >= 0.3 is 0 Å². The summed E-state index contributed by atoms with van der Waals surface area (Å²) in [6.07, 6.45) is 0. The Bertz CT molecular complexity index is 427. The molecule has 0 saturated carbocycles. The van der Waals surface area contributed by atoms with Crippen molar-refractivity contribution in [3.63, 3.8) is 0 Å². The summed E-state index contributed by atoms with van der Waals surface area (Å²) in [5, 5.41) is 3.95. The van der Waals surface area contributed by atoms with Crippen LogP contribution in [-0.4, -0.2) is 10.1 Å². The van der Waals surface area contributed by atoms with Crippen LogP contribution in [0.4, 0.5) is 5.82 Å². The molecule has 0 amide bonds. The zero-order valence-electron chi connectivity index (χ0n) is 6.57. The highest BCUT2D eigenvalue weighted by atomic mass is 35.5. The molecule has 5 heteroatoms. The van der Waals surface area contributed by atoms with Gasteiger partial charge in [-0.05, 0) is 12.1 Å². The third-order valence-corrected chi connectivity index (χ3v) is 1.71. The Morgan fingerprint density at radius 1 is 1.38 bits per heavy atom. The smallest absolute Gasteiger partial charge is 0.187 e. The lowest BCUT2D eigenvalue weighted by atomic mass is 10.3. The second-order valence-electron chi connectivity index (χ2n) is 2.46. The van der Waals surface area contributed by atoms with Crippen molar-refractivity contribution in [2.75, 3.05) is 5.73 Å². The van der Waals surface area contributed by atoms with E-state index in [2.05, 4.69) is 10.1 Å². The van der Waals surface area contributed by atoms with Crippen molar-refractivity contribution in [1.82, 2.24) is 10.1 Å². The molecule has 0 aromatic carbocycles. The Morgan fingerprint density at radius 3 is 2.85 bits per heavy atom. The lowest BCUT2D eigenvalue weighted by molar-refractivity contribution is 0.434. The lowest BCUT2D eigenvalue weighted by Crippen LogP contribution is -1.81. The largest absolute Gasteiger partial charge is 0.381 e. The molecule has 2 aromatic rings. The summed E-state index contributed by atoms with van der Waals surface area (Å²) < 4.78 is 4.91. The van der Waals surface area contributed by atoms with E-state index in [0.717, 1.165) is 0 Å². The minimum Gasteiger partial charge on any atom is -0.381 e. The average Bonchev–Trinajstić information content (AvgIpc) is 2.52. The standard InChI is InChI=1S/C8H6ClN3O/c9-7-3-1-2-5(11-7)6-4-8(10)12-13-6/h1-4H,(H2,10,12). The summed E-state index contributed by atoms with van der Waals surface area (Å²) in [6.45, 7) is 0. The Hall–Kier alpha value is -1.55. The highest BCUT2D eigenvalue weighted by Crippen LogP contribution is 2.20. The van der Waals surface area contributed by atoms with Crippen molar-refractivity contribution in [2.24, 2.45) is 0 Å². The zero-order chi connectivity index (χ0) is 9.26. The minimum absolute atomic E-state index is 0.330. The number of halogens is 1. The first-order chi connectivity index (χ1) is 6.25. The molecule has 2 aromatic heterocycles. The predicted octanol–water partition coefficient (Wildman–Crippen LogP) is 1.97. The monoisotopic (exact) mass is 195 g/mol. The highest BCUT2D eigenvalue weighted by molar-refractivity contribution is 6.29. The van der Waals surface area contributed by atoms with Crippen LogP contribution in [0, 0.1) is 0 Å². The molecule has 13 heavy (non-hydrogen) atoms. The highest BCUT2D eigenvalue weighted by Gasteiger charge is 2.05. The first-order valence-corrected chi connectivity index (χ1v) is 3.98. The molecule has 0 spiro atoms. The van der Waals surface area contributed by atoms with Crippen molar-refractivity contribution < 1.29 is 4.52 Å². The molecule has 0 atom stereocenters. The van der Waals surface area contributed by atoms with E-state index in [4.69, 9.17) is 21.9 Å². The molecular weight excluding hydrogens is 190 g/mol. The van der Waals surface area contributed by atoms with Crippen LogP contribution in [0.1, 0.15) is 0 Å². The maximum Gasteiger partial charge on any atom is 0.187 e. The fourth-order valence-corrected chi connectivity index (χ4v) is 1.12. The number of hydrogen-bond donors (Lipinski definition) is 1. The second kappa shape index (κ2) is 3.06. The van der Waals surface area contributed by atoms with E-state index in [1.165, 1.54) is 0 Å². The number of nitrogen functional groups attached to an aromatic ring is 1. The number of aromatic nitrogens is 2. The predicted molar refractivity (Wildman–Crippen MR) is 49.2 cm³/mol. The molecular formula is C8H6ClN3O. The summed E-state index contributed by atoms with van der Waals surface area (Å²) in [5.41, 5.74) is 6.01. The van der Waals surface area contributed by atoms with Crippen LogP contribution in [0.25, 0.3) is 11.5 Å². The van der Waals surface area contributed by atoms with Crippen LogP contribution >= 0.6 is 11.6 Å². The van der Waals surface area contributed by atoms with E-state index in [0.29, 0.717) is 22.4 Å². The Balaban J connectivity index is 2.46. The van der Waals surface area contributed by atoms with Crippen LogP contribution in [-0.2, 0) is 0 Å². The van der Waals surface area contributed by atoms with Gasteiger partial charge in [0.15, 0.2) is 11.6 Å². The van der Waals surface area contributed by atoms with Crippen LogP contribution in [0.2, 0.25) is 5.15 Å². The third kappa shape index (κ3) is 1.62. The summed E-state index contributed by atoms with van der Waals surface area (Å²) in [7, 11) is 0. The average molecular weight is 196 g/mol. The molecule has 2 N–H and O–H groups in total. The molecule has 0 aliphatic heterocycles. The van der Waals surface area contributed by atoms with E-state index in [1.807, 2.05) is 0 Å². The van der Waals surface area contributed by atoms with Gasteiger partial charge in [-0.2, -0.15) is 0 Å². The molecule has 66 valence electrons. The van der Waals surface area contributed by atoms with Crippen molar-refractivity contribution in [2.45, 2.75) is 0 Å². The summed E-state index contributed by atoms with van der Waals surface area (Å²) in [5.74, 6) is 0.844. The molecule has 0 saturated heterocycles. The van der Waals surface area contributed by atoms with E-state index in [9.17, 15) is 0 Å². The lowest BCUT2D eigenvalue weighted by Gasteiger charge is -1.93. The number of anilines is 1. The molecule has 4 nitrogen and oxygen atoms in total. The van der Waals surface area contributed by atoms with Crippen molar-refractivity contribution in [3.05, 3.63) is 29.4 Å². The quantitative estimate of drug-likeness (QED) is 0.707. The zero-order valence-corrected chi connectivity index (χ0v) is 7.32. The van der Waals surface area contributed by atoms with E-state index < -0.39 is 0 Å². The Labute approximate surface area is 79.3 Å². The van der Waals surface area contributed by atoms with Gasteiger partial charge in [0.05, 0.1) is 0 Å². The van der Waals surface area contributed by atoms with Gasteiger partial charge in [-0.25, -0.2) is 4.98 Å². The van der Waals surface area contributed by atoms with Gasteiger partial charge in [0.1, 0.15) is 10.8 Å². The van der Waals surface area contributed by atoms with Crippen LogP contribution in [0.15, 0.2) is 28.8 Å². The first-order valence-electron chi connectivity index (χ1n) is 3.61. The maximum atomic E-state index is 5.70. The number of pyridine rings is 1. The number of nitrogens with two attached hydrogens (primary N) is 1. The molecule has 2 heterocycles. The first kappa shape index (κ1) is 8.07. The van der Waals surface area contributed by atoms with Gasteiger partial charge in [0, 0.05) is 6.07 Å². The Kier molecular flexibility index (Phi) is 1.90. The molecule has 0 aliphatic carbocycles. The molecule has 0 radical (unpaired) electrons. The molecule has 0 aliphatic rings. The SMILES string of the molecule is Nc1cc(-c2cccc(Cl)n2)on1. The van der Waals surface area contributed by atoms with Gasteiger partial charge in [-0.3, -0.25) is 0 Å². The van der Waals surface area contributed by atoms with Gasteiger partial charge in [-0.15, -0.1) is 0 Å². The van der Waals surface area contributed by atoms with Crippen molar-refractivity contribution >= 4 is 17.4 Å². The number of nitrogens with zero attached hydrogens (tertiary/aromatic N) is 2. The van der Waals surface area contributed by atoms with E-state index >= 15 is 0 Å².